The second-order valence-electron chi connectivity index (χ2n) is 7.47. The first-order chi connectivity index (χ1) is 14.5. The molecule has 2 aliphatic heterocycles. The highest BCUT2D eigenvalue weighted by molar-refractivity contribution is 7.89. The third-order valence-corrected chi connectivity index (χ3v) is 7.83. The lowest BCUT2D eigenvalue weighted by Gasteiger charge is -2.46. The zero-order valence-electron chi connectivity index (χ0n) is 16.8. The number of piperidine rings is 1. The van der Waals surface area contributed by atoms with E-state index in [-0.39, 0.29) is 16.5 Å². The summed E-state index contributed by atoms with van der Waals surface area (Å²) in [5.74, 6) is 0.734. The van der Waals surface area contributed by atoms with Crippen molar-refractivity contribution in [1.82, 2.24) is 4.31 Å². The van der Waals surface area contributed by atoms with E-state index in [1.807, 2.05) is 24.3 Å². The van der Waals surface area contributed by atoms with Crippen molar-refractivity contribution in [2.24, 2.45) is 4.99 Å². The van der Waals surface area contributed by atoms with E-state index in [1.165, 1.54) is 4.31 Å². The molecular formula is C21H25ClN4O3S. The third kappa shape index (κ3) is 3.92. The number of hydrogen-bond donors (Lipinski definition) is 2. The number of anilines is 2. The smallest absolute Gasteiger partial charge is 0.244 e. The van der Waals surface area contributed by atoms with E-state index in [0.717, 1.165) is 23.6 Å². The Labute approximate surface area is 182 Å². The molecule has 9 heteroatoms. The average Bonchev–Trinajstić information content (AvgIpc) is 2.74. The fourth-order valence-corrected chi connectivity index (χ4v) is 6.05. The summed E-state index contributed by atoms with van der Waals surface area (Å²) in [6.07, 6.45) is 1.46. The molecule has 2 aliphatic rings. The van der Waals surface area contributed by atoms with Crippen molar-refractivity contribution in [3.63, 3.8) is 0 Å². The number of ether oxygens (including phenoxy) is 1. The fourth-order valence-electron chi connectivity index (χ4n) is 4.01. The first kappa shape index (κ1) is 21.1. The Balaban J connectivity index is 1.71. The van der Waals surface area contributed by atoms with Crippen LogP contribution in [0.25, 0.3) is 0 Å². The van der Waals surface area contributed by atoms with Crippen molar-refractivity contribution in [3.05, 3.63) is 53.6 Å². The molecule has 1 atom stereocenters. The third-order valence-electron chi connectivity index (χ3n) is 5.48. The first-order valence-corrected chi connectivity index (χ1v) is 11.7. The normalized spacial score (nSPS) is 23.1. The van der Waals surface area contributed by atoms with E-state index < -0.39 is 15.6 Å². The number of aliphatic imine (C=N–C) groups is 1. The van der Waals surface area contributed by atoms with Gasteiger partial charge in [0.25, 0.3) is 0 Å². The van der Waals surface area contributed by atoms with Crippen LogP contribution in [0.15, 0.2) is 58.4 Å². The van der Waals surface area contributed by atoms with E-state index in [2.05, 4.69) is 10.6 Å². The van der Waals surface area contributed by atoms with Crippen molar-refractivity contribution in [2.75, 3.05) is 44.0 Å². The second-order valence-corrected chi connectivity index (χ2v) is 9.79. The molecule has 1 saturated heterocycles. The number of amidine groups is 1. The highest BCUT2D eigenvalue weighted by Crippen LogP contribution is 2.38. The minimum atomic E-state index is -3.74. The maximum absolute atomic E-state index is 13.4. The van der Waals surface area contributed by atoms with Crippen LogP contribution in [-0.2, 0) is 14.8 Å². The van der Waals surface area contributed by atoms with Gasteiger partial charge in [0.05, 0.1) is 29.5 Å². The molecule has 2 heterocycles. The second kappa shape index (κ2) is 8.55. The van der Waals surface area contributed by atoms with Crippen molar-refractivity contribution in [2.45, 2.75) is 23.3 Å². The van der Waals surface area contributed by atoms with Crippen LogP contribution in [0.1, 0.15) is 12.8 Å². The van der Waals surface area contributed by atoms with Gasteiger partial charge in [-0.25, -0.2) is 8.42 Å². The monoisotopic (exact) mass is 448 g/mol. The molecule has 0 bridgehead atoms. The number of nitrogens with one attached hydrogen (secondary N) is 2. The van der Waals surface area contributed by atoms with Crippen molar-refractivity contribution in [3.8, 4) is 0 Å². The molecule has 7 nitrogen and oxygen atoms in total. The summed E-state index contributed by atoms with van der Waals surface area (Å²) < 4.78 is 33.4. The number of fused-ring (bicyclic) bond motifs is 1. The largest absolute Gasteiger partial charge is 0.383 e. The van der Waals surface area contributed by atoms with Gasteiger partial charge in [0.1, 0.15) is 16.3 Å². The number of para-hydroxylation sites is 2. The van der Waals surface area contributed by atoms with Gasteiger partial charge in [-0.3, -0.25) is 4.99 Å². The molecule has 2 aromatic rings. The molecule has 2 aromatic carbocycles. The van der Waals surface area contributed by atoms with Gasteiger partial charge in [-0.1, -0.05) is 35.9 Å². The Morgan fingerprint density at radius 3 is 2.67 bits per heavy atom. The summed E-state index contributed by atoms with van der Waals surface area (Å²) >= 11 is 6.21. The van der Waals surface area contributed by atoms with Gasteiger partial charge in [0.2, 0.25) is 10.0 Å². The molecule has 1 fully saturated rings. The number of halogens is 1. The van der Waals surface area contributed by atoms with Crippen LogP contribution in [0.4, 0.5) is 11.4 Å². The minimum Gasteiger partial charge on any atom is -0.383 e. The molecule has 0 radical (unpaired) electrons. The molecule has 0 unspecified atom stereocenters. The van der Waals surface area contributed by atoms with Gasteiger partial charge in [-0.05, 0) is 37.1 Å². The van der Waals surface area contributed by atoms with E-state index in [9.17, 15) is 8.42 Å². The number of nitrogens with zero attached hydrogens (tertiary/aromatic N) is 2. The van der Waals surface area contributed by atoms with Crippen molar-refractivity contribution >= 4 is 38.8 Å². The van der Waals surface area contributed by atoms with E-state index >= 15 is 0 Å². The number of methoxy groups -OCH3 is 1. The summed E-state index contributed by atoms with van der Waals surface area (Å²) in [5.41, 5.74) is 1.21. The van der Waals surface area contributed by atoms with Crippen LogP contribution in [0, 0.1) is 0 Å². The molecule has 0 amide bonds. The molecule has 160 valence electrons. The number of sulfonamides is 1. The van der Waals surface area contributed by atoms with E-state index in [0.29, 0.717) is 26.1 Å². The number of hydrogen-bond acceptors (Lipinski definition) is 5. The standard InChI is InChI=1S/C21H25ClN4O3S/c1-29-14-12-23-20-21(25-18-9-4-3-8-17(18)24-20)11-6-13-26(15-21)30(27,28)19-10-5-2-7-16(19)22/h2-5,7-10,25H,6,11-15H2,1H3,(H,23,24)/t21-/m0/s1. The summed E-state index contributed by atoms with van der Waals surface area (Å²) in [7, 11) is -2.10. The zero-order chi connectivity index (χ0) is 21.2. The molecular weight excluding hydrogens is 424 g/mol. The number of rotatable bonds is 5. The van der Waals surface area contributed by atoms with Gasteiger partial charge < -0.3 is 15.4 Å². The van der Waals surface area contributed by atoms with Crippen molar-refractivity contribution < 1.29 is 13.2 Å². The predicted molar refractivity (Wildman–Crippen MR) is 120 cm³/mol. The molecule has 4 rings (SSSR count). The summed E-state index contributed by atoms with van der Waals surface area (Å²) in [6.45, 7) is 1.67. The Bertz CT molecular complexity index is 1060. The maximum atomic E-state index is 13.4. The van der Waals surface area contributed by atoms with Gasteiger partial charge in [-0.15, -0.1) is 0 Å². The van der Waals surface area contributed by atoms with Gasteiger partial charge in [0, 0.05) is 20.2 Å². The van der Waals surface area contributed by atoms with Crippen LogP contribution >= 0.6 is 11.6 Å². The molecule has 30 heavy (non-hydrogen) atoms. The van der Waals surface area contributed by atoms with Crippen LogP contribution < -0.4 is 10.6 Å². The Morgan fingerprint density at radius 2 is 1.90 bits per heavy atom. The van der Waals surface area contributed by atoms with E-state index in [1.54, 1.807) is 31.4 Å². The SMILES string of the molecule is COCCN=C1Nc2ccccc2N[C@]12CCCN(S(=O)(=O)c1ccccc1Cl)C2. The van der Waals surface area contributed by atoms with Gasteiger partial charge >= 0.3 is 0 Å². The van der Waals surface area contributed by atoms with Crippen LogP contribution in [-0.4, -0.2) is 57.4 Å². The summed E-state index contributed by atoms with van der Waals surface area (Å²) in [4.78, 5) is 4.86. The fraction of sp³-hybridized carbons (Fsp3) is 0.381. The molecule has 1 spiro atoms. The minimum absolute atomic E-state index is 0.130. The molecule has 0 aliphatic carbocycles. The summed E-state index contributed by atoms with van der Waals surface area (Å²) in [5, 5.41) is 7.24. The maximum Gasteiger partial charge on any atom is 0.244 e. The number of benzene rings is 2. The molecule has 2 N–H and O–H groups in total. The lowest BCUT2D eigenvalue weighted by molar-refractivity contribution is 0.207. The predicted octanol–water partition coefficient (Wildman–Crippen LogP) is 3.45. The van der Waals surface area contributed by atoms with Crippen LogP contribution in [0.2, 0.25) is 5.02 Å². The lowest BCUT2D eigenvalue weighted by atomic mass is 9.86. The first-order valence-electron chi connectivity index (χ1n) is 9.89. The highest BCUT2D eigenvalue weighted by Gasteiger charge is 2.46. The highest BCUT2D eigenvalue weighted by atomic mass is 35.5. The van der Waals surface area contributed by atoms with Crippen LogP contribution in [0.3, 0.4) is 0 Å². The Hall–Kier alpha value is -2.13. The Morgan fingerprint density at radius 1 is 1.17 bits per heavy atom. The van der Waals surface area contributed by atoms with Crippen LogP contribution in [0.5, 0.6) is 0 Å². The van der Waals surface area contributed by atoms with Gasteiger partial charge in [0.15, 0.2) is 0 Å². The summed E-state index contributed by atoms with van der Waals surface area (Å²) in [6, 6.07) is 14.4. The lowest BCUT2D eigenvalue weighted by Crippen LogP contribution is -2.62. The van der Waals surface area contributed by atoms with Crippen molar-refractivity contribution in [1.29, 1.82) is 0 Å². The molecule has 0 aromatic heterocycles. The topological polar surface area (TPSA) is 83.0 Å². The zero-order valence-corrected chi connectivity index (χ0v) is 18.3. The quantitative estimate of drug-likeness (QED) is 0.684. The van der Waals surface area contributed by atoms with Gasteiger partial charge in [-0.2, -0.15) is 4.31 Å². The van der Waals surface area contributed by atoms with E-state index in [4.69, 9.17) is 21.3 Å². The average molecular weight is 449 g/mol. The Kier molecular flexibility index (Phi) is 6.02. The molecule has 0 saturated carbocycles.